The van der Waals surface area contributed by atoms with E-state index in [1.165, 1.54) is 13.8 Å². The van der Waals surface area contributed by atoms with Crippen LogP contribution in [0, 0.1) is 0 Å². The summed E-state index contributed by atoms with van der Waals surface area (Å²) in [6, 6.07) is 0. The largest absolute Gasteiger partial charge is 0.287 e. The lowest BCUT2D eigenvalue weighted by Crippen LogP contribution is -2.63. The van der Waals surface area contributed by atoms with Crippen LogP contribution in [0.2, 0.25) is 0 Å². The van der Waals surface area contributed by atoms with Gasteiger partial charge in [0.2, 0.25) is 10.0 Å². The Bertz CT molecular complexity index is 614. The quantitative estimate of drug-likeness (QED) is 0.687. The maximum Gasteiger partial charge on any atom is 0.287 e. The minimum absolute atomic E-state index is 0.149. The highest BCUT2D eigenvalue weighted by Crippen LogP contribution is 2.45. The molecular formula is C13H25F2NO5S2. The minimum Gasteiger partial charge on any atom is -0.285 e. The topological polar surface area (TPSA) is 91.8 Å². The number of hydrogen-bond acceptors (Lipinski definition) is 4. The van der Waals surface area contributed by atoms with E-state index >= 15 is 0 Å². The number of piperidine rings is 1. The zero-order valence-electron chi connectivity index (χ0n) is 13.6. The molecule has 0 radical (unpaired) electrons. The summed E-state index contributed by atoms with van der Waals surface area (Å²) in [5.41, 5.74) is 0. The molecule has 1 heterocycles. The fourth-order valence-electron chi connectivity index (χ4n) is 2.97. The van der Waals surface area contributed by atoms with Gasteiger partial charge in [0.15, 0.2) is 5.25 Å². The summed E-state index contributed by atoms with van der Waals surface area (Å²) >= 11 is 0. The van der Waals surface area contributed by atoms with Gasteiger partial charge in [0.25, 0.3) is 16.0 Å². The summed E-state index contributed by atoms with van der Waals surface area (Å²) in [4.78, 5) is 0. The molecular weight excluding hydrogens is 352 g/mol. The highest BCUT2D eigenvalue weighted by molar-refractivity contribution is 7.90. The molecule has 1 rings (SSSR count). The molecule has 2 unspecified atom stereocenters. The monoisotopic (exact) mass is 377 g/mol. The van der Waals surface area contributed by atoms with E-state index in [0.29, 0.717) is 12.8 Å². The van der Waals surface area contributed by atoms with Crippen molar-refractivity contribution in [2.24, 2.45) is 0 Å². The Labute approximate surface area is 137 Å². The average Bonchev–Trinajstić information content (AvgIpc) is 2.45. The van der Waals surface area contributed by atoms with Crippen LogP contribution >= 0.6 is 0 Å². The Morgan fingerprint density at radius 1 is 1.09 bits per heavy atom. The van der Waals surface area contributed by atoms with E-state index in [2.05, 4.69) is 0 Å². The van der Waals surface area contributed by atoms with Gasteiger partial charge in [-0.3, -0.25) is 4.55 Å². The number of hydrogen-bond donors (Lipinski definition) is 1. The Kier molecular flexibility index (Phi) is 6.21. The van der Waals surface area contributed by atoms with Gasteiger partial charge in [-0.15, -0.1) is 0 Å². The first kappa shape index (κ1) is 20.7. The molecule has 0 aromatic rings. The van der Waals surface area contributed by atoms with E-state index in [4.69, 9.17) is 4.55 Å². The van der Waals surface area contributed by atoms with Crippen molar-refractivity contribution in [2.75, 3.05) is 13.1 Å². The van der Waals surface area contributed by atoms with Gasteiger partial charge in [-0.05, 0) is 32.6 Å². The van der Waals surface area contributed by atoms with Crippen LogP contribution in [0.1, 0.15) is 52.9 Å². The van der Waals surface area contributed by atoms with Gasteiger partial charge in [-0.1, -0.05) is 20.3 Å². The smallest absolute Gasteiger partial charge is 0.285 e. The third kappa shape index (κ3) is 3.54. The Hall–Kier alpha value is -0.320. The van der Waals surface area contributed by atoms with E-state index in [9.17, 15) is 25.6 Å². The number of rotatable bonds is 7. The van der Waals surface area contributed by atoms with Crippen LogP contribution in [0.4, 0.5) is 8.78 Å². The summed E-state index contributed by atoms with van der Waals surface area (Å²) in [7, 11) is -9.53. The van der Waals surface area contributed by atoms with Crippen molar-refractivity contribution < 1.29 is 30.2 Å². The van der Waals surface area contributed by atoms with Crippen molar-refractivity contribution in [1.82, 2.24) is 4.31 Å². The van der Waals surface area contributed by atoms with Gasteiger partial charge >= 0.3 is 0 Å². The summed E-state index contributed by atoms with van der Waals surface area (Å²) in [6.45, 7) is 3.63. The molecule has 1 aliphatic heterocycles. The van der Waals surface area contributed by atoms with Crippen molar-refractivity contribution in [2.45, 2.75) is 68.8 Å². The fourth-order valence-corrected chi connectivity index (χ4v) is 6.26. The number of alkyl halides is 2. The lowest BCUT2D eigenvalue weighted by molar-refractivity contribution is -0.0465. The Morgan fingerprint density at radius 3 is 1.91 bits per heavy atom. The van der Waals surface area contributed by atoms with Crippen molar-refractivity contribution >= 4 is 20.1 Å². The number of halogens is 2. The van der Waals surface area contributed by atoms with Crippen LogP contribution in [0.3, 0.4) is 0 Å². The highest BCUT2D eigenvalue weighted by atomic mass is 32.2. The normalized spacial score (nSPS) is 22.5. The van der Waals surface area contributed by atoms with Gasteiger partial charge in [0.1, 0.15) is 4.75 Å². The molecule has 0 amide bonds. The van der Waals surface area contributed by atoms with Crippen molar-refractivity contribution in [1.29, 1.82) is 0 Å². The molecule has 0 spiro atoms. The lowest BCUT2D eigenvalue weighted by atomic mass is 9.95. The second-order valence-corrected chi connectivity index (χ2v) is 10.1. The first-order valence-corrected chi connectivity index (χ1v) is 10.6. The third-order valence-corrected chi connectivity index (χ3v) is 8.83. The van der Waals surface area contributed by atoms with Crippen LogP contribution in [0.25, 0.3) is 0 Å². The number of sulfonamides is 1. The lowest BCUT2D eigenvalue weighted by Gasteiger charge is -2.42. The number of nitrogens with zero attached hydrogens (tertiary/aromatic N) is 1. The first-order valence-electron chi connectivity index (χ1n) is 7.70. The molecule has 1 fully saturated rings. The molecule has 138 valence electrons. The van der Waals surface area contributed by atoms with Gasteiger partial charge < -0.3 is 0 Å². The standard InChI is InChI=1S/C13H25F2NO5S2/c1-4-11(22(17,18)19)13(14,15)12(3,5-2)23(20,21)16-9-7-6-8-10-16/h11H,4-10H2,1-3H3,(H,17,18,19). The summed E-state index contributed by atoms with van der Waals surface area (Å²) in [5, 5.41) is -2.46. The molecule has 1 N–H and O–H groups in total. The van der Waals surface area contributed by atoms with Gasteiger partial charge in [-0.2, -0.15) is 8.42 Å². The van der Waals surface area contributed by atoms with Crippen molar-refractivity contribution in [3.63, 3.8) is 0 Å². The molecule has 2 atom stereocenters. The predicted octanol–water partition coefficient (Wildman–Crippen LogP) is 2.27. The summed E-state index contributed by atoms with van der Waals surface area (Å²) in [5.74, 6) is -4.12. The molecule has 0 aromatic heterocycles. The van der Waals surface area contributed by atoms with E-state index in [1.54, 1.807) is 0 Å². The molecule has 0 aliphatic carbocycles. The highest BCUT2D eigenvalue weighted by Gasteiger charge is 2.65. The second kappa shape index (κ2) is 6.89. The van der Waals surface area contributed by atoms with E-state index in [-0.39, 0.29) is 13.1 Å². The first-order chi connectivity index (χ1) is 10.4. The van der Waals surface area contributed by atoms with Crippen molar-refractivity contribution in [3.8, 4) is 0 Å². The maximum atomic E-state index is 14.9. The Balaban J connectivity index is 3.41. The average molecular weight is 377 g/mol. The summed E-state index contributed by atoms with van der Waals surface area (Å²) < 4.78 is 85.7. The minimum atomic E-state index is -5.09. The van der Waals surface area contributed by atoms with Crippen molar-refractivity contribution in [3.05, 3.63) is 0 Å². The van der Waals surface area contributed by atoms with Crippen LogP contribution in [-0.2, 0) is 20.1 Å². The molecule has 10 heteroatoms. The van der Waals surface area contributed by atoms with E-state index in [1.807, 2.05) is 0 Å². The third-order valence-electron chi connectivity index (χ3n) is 4.74. The van der Waals surface area contributed by atoms with Crippen LogP contribution in [-0.4, -0.2) is 54.7 Å². The van der Waals surface area contributed by atoms with Crippen LogP contribution < -0.4 is 0 Å². The molecule has 0 saturated carbocycles. The van der Waals surface area contributed by atoms with Gasteiger partial charge in [0.05, 0.1) is 0 Å². The molecule has 1 saturated heterocycles. The predicted molar refractivity (Wildman–Crippen MR) is 83.6 cm³/mol. The summed E-state index contributed by atoms with van der Waals surface area (Å²) in [6.07, 6.45) is 0.940. The molecule has 6 nitrogen and oxygen atoms in total. The molecule has 0 aromatic carbocycles. The second-order valence-electron chi connectivity index (χ2n) is 6.08. The Morgan fingerprint density at radius 2 is 1.57 bits per heavy atom. The van der Waals surface area contributed by atoms with Crippen LogP contribution in [0.5, 0.6) is 0 Å². The molecule has 1 aliphatic rings. The van der Waals surface area contributed by atoms with E-state index < -0.39 is 48.9 Å². The zero-order chi connectivity index (χ0) is 18.1. The van der Waals surface area contributed by atoms with E-state index in [0.717, 1.165) is 17.6 Å². The van der Waals surface area contributed by atoms with Gasteiger partial charge in [-0.25, -0.2) is 21.5 Å². The SMILES string of the molecule is CCC(C(F)(F)C(C)(CC)S(=O)(=O)N1CCCCC1)S(=O)(=O)O. The molecule has 0 bridgehead atoms. The maximum absolute atomic E-state index is 14.9. The van der Waals surface area contributed by atoms with Crippen LogP contribution in [0.15, 0.2) is 0 Å². The molecule has 23 heavy (non-hydrogen) atoms. The zero-order valence-corrected chi connectivity index (χ0v) is 15.3. The van der Waals surface area contributed by atoms with Gasteiger partial charge in [0, 0.05) is 13.1 Å². The fraction of sp³-hybridized carbons (Fsp3) is 1.00.